The van der Waals surface area contributed by atoms with E-state index in [1.54, 1.807) is 0 Å². The molecule has 7 nitrogen and oxygen atoms in total. The van der Waals surface area contributed by atoms with Gasteiger partial charge in [-0.2, -0.15) is 0 Å². The summed E-state index contributed by atoms with van der Waals surface area (Å²) in [5, 5.41) is 2.66. The quantitative estimate of drug-likeness (QED) is 0.761. The number of carbonyl (C=O) groups is 1. The van der Waals surface area contributed by atoms with E-state index in [9.17, 15) is 14.4 Å². The highest BCUT2D eigenvalue weighted by Crippen LogP contribution is 2.10. The van der Waals surface area contributed by atoms with Crippen molar-refractivity contribution in [3.63, 3.8) is 0 Å². The number of nitrogens with zero attached hydrogens (tertiary/aromatic N) is 2. The van der Waals surface area contributed by atoms with Gasteiger partial charge < -0.3 is 14.6 Å². The smallest absolute Gasteiger partial charge is 0.330 e. The molecule has 1 aromatic rings. The topological polar surface area (TPSA) is 82.3 Å². The van der Waals surface area contributed by atoms with Gasteiger partial charge in [-0.3, -0.25) is 14.2 Å². The van der Waals surface area contributed by atoms with E-state index in [0.29, 0.717) is 13.2 Å². The number of hydrogen-bond acceptors (Lipinski definition) is 4. The average Bonchev–Trinajstić information content (AvgIpc) is 2.91. The fourth-order valence-electron chi connectivity index (χ4n) is 2.07. The molecule has 1 aliphatic heterocycles. The highest BCUT2D eigenvalue weighted by molar-refractivity contribution is 5.93. The first-order chi connectivity index (χ1) is 9.00. The zero-order valence-corrected chi connectivity index (χ0v) is 11.0. The van der Waals surface area contributed by atoms with Crippen LogP contribution in [-0.2, 0) is 18.8 Å². The minimum atomic E-state index is -0.590. The summed E-state index contributed by atoms with van der Waals surface area (Å²) < 4.78 is 7.51. The lowest BCUT2D eigenvalue weighted by Gasteiger charge is -2.11. The molecule has 1 aromatic heterocycles. The Balaban J connectivity index is 2.15. The Hall–Kier alpha value is -1.89. The molecule has 0 bridgehead atoms. The van der Waals surface area contributed by atoms with E-state index in [1.165, 1.54) is 24.9 Å². The van der Waals surface area contributed by atoms with Crippen molar-refractivity contribution in [2.45, 2.75) is 18.9 Å². The summed E-state index contributed by atoms with van der Waals surface area (Å²) in [5.74, 6) is -0.480. The predicted octanol–water partition coefficient (Wildman–Crippen LogP) is -1.01. The molecule has 1 N–H and O–H groups in total. The van der Waals surface area contributed by atoms with Gasteiger partial charge >= 0.3 is 5.69 Å². The molecule has 1 amide bonds. The molecule has 0 spiro atoms. The van der Waals surface area contributed by atoms with Crippen molar-refractivity contribution < 1.29 is 9.53 Å². The summed E-state index contributed by atoms with van der Waals surface area (Å²) in [5.41, 5.74) is -1.09. The SMILES string of the molecule is Cn1cc(C(=O)NCC2CCCO2)c(=O)n(C)c1=O. The maximum atomic E-state index is 11.9. The average molecular weight is 267 g/mol. The lowest BCUT2D eigenvalue weighted by atomic mass is 10.2. The Morgan fingerprint density at radius 3 is 2.84 bits per heavy atom. The maximum absolute atomic E-state index is 11.9. The van der Waals surface area contributed by atoms with Crippen molar-refractivity contribution in [1.29, 1.82) is 0 Å². The fraction of sp³-hybridized carbons (Fsp3) is 0.583. The molecule has 0 aromatic carbocycles. The fourth-order valence-corrected chi connectivity index (χ4v) is 2.07. The second-order valence-electron chi connectivity index (χ2n) is 4.65. The molecule has 19 heavy (non-hydrogen) atoms. The van der Waals surface area contributed by atoms with E-state index in [1.807, 2.05) is 0 Å². The molecule has 2 rings (SSSR count). The van der Waals surface area contributed by atoms with Gasteiger partial charge in [0.25, 0.3) is 11.5 Å². The Bertz CT molecular complexity index is 596. The molecule has 1 aliphatic rings. The van der Waals surface area contributed by atoms with Crippen LogP contribution in [0.1, 0.15) is 23.2 Å². The standard InChI is InChI=1S/C12H17N3O4/c1-14-7-9(11(17)15(2)12(14)18)10(16)13-6-8-4-3-5-19-8/h7-8H,3-6H2,1-2H3,(H,13,16). The molecular weight excluding hydrogens is 250 g/mol. The molecule has 1 atom stereocenters. The Labute approximate surface area is 109 Å². The third kappa shape index (κ3) is 2.76. The van der Waals surface area contributed by atoms with Gasteiger partial charge in [-0.05, 0) is 12.8 Å². The van der Waals surface area contributed by atoms with Crippen molar-refractivity contribution in [3.05, 3.63) is 32.6 Å². The molecule has 1 saturated heterocycles. The van der Waals surface area contributed by atoms with Crippen molar-refractivity contribution in [3.8, 4) is 0 Å². The van der Waals surface area contributed by atoms with Gasteiger partial charge in [-0.1, -0.05) is 0 Å². The summed E-state index contributed by atoms with van der Waals surface area (Å²) in [4.78, 5) is 35.3. The van der Waals surface area contributed by atoms with Gasteiger partial charge in [0.15, 0.2) is 0 Å². The number of ether oxygens (including phenoxy) is 1. The van der Waals surface area contributed by atoms with Gasteiger partial charge in [0.1, 0.15) is 5.56 Å². The van der Waals surface area contributed by atoms with E-state index < -0.39 is 17.2 Å². The lowest BCUT2D eigenvalue weighted by molar-refractivity contribution is 0.0855. The molecule has 1 unspecified atom stereocenters. The van der Waals surface area contributed by atoms with Gasteiger partial charge in [-0.25, -0.2) is 4.79 Å². The molecule has 1 fully saturated rings. The molecule has 0 aliphatic carbocycles. The van der Waals surface area contributed by atoms with Crippen LogP contribution in [-0.4, -0.2) is 34.3 Å². The van der Waals surface area contributed by atoms with E-state index in [0.717, 1.165) is 17.4 Å². The number of aryl methyl sites for hydroxylation is 1. The minimum absolute atomic E-state index is 0.0142. The largest absolute Gasteiger partial charge is 0.376 e. The second kappa shape index (κ2) is 5.40. The van der Waals surface area contributed by atoms with Crippen LogP contribution in [0.4, 0.5) is 0 Å². The predicted molar refractivity (Wildman–Crippen MR) is 68.2 cm³/mol. The van der Waals surface area contributed by atoms with Crippen LogP contribution in [0.25, 0.3) is 0 Å². The van der Waals surface area contributed by atoms with Gasteiger partial charge in [-0.15, -0.1) is 0 Å². The molecular formula is C12H17N3O4. The Morgan fingerprint density at radius 1 is 1.47 bits per heavy atom. The van der Waals surface area contributed by atoms with Gasteiger partial charge in [0.05, 0.1) is 6.10 Å². The Morgan fingerprint density at radius 2 is 2.21 bits per heavy atom. The van der Waals surface area contributed by atoms with E-state index in [2.05, 4.69) is 5.32 Å². The van der Waals surface area contributed by atoms with Crippen molar-refractivity contribution in [2.75, 3.05) is 13.2 Å². The first-order valence-electron chi connectivity index (χ1n) is 6.17. The van der Waals surface area contributed by atoms with Gasteiger partial charge in [0, 0.05) is 33.4 Å². The molecule has 0 saturated carbocycles. The van der Waals surface area contributed by atoms with Crippen LogP contribution in [0.3, 0.4) is 0 Å². The van der Waals surface area contributed by atoms with Gasteiger partial charge in [0.2, 0.25) is 0 Å². The minimum Gasteiger partial charge on any atom is -0.376 e. The molecule has 7 heteroatoms. The second-order valence-corrected chi connectivity index (χ2v) is 4.65. The monoisotopic (exact) mass is 267 g/mol. The van der Waals surface area contributed by atoms with Crippen LogP contribution in [0, 0.1) is 0 Å². The van der Waals surface area contributed by atoms with E-state index in [-0.39, 0.29) is 11.7 Å². The van der Waals surface area contributed by atoms with Crippen molar-refractivity contribution >= 4 is 5.91 Å². The van der Waals surface area contributed by atoms with Crippen molar-refractivity contribution in [2.24, 2.45) is 14.1 Å². The van der Waals surface area contributed by atoms with E-state index >= 15 is 0 Å². The van der Waals surface area contributed by atoms with Crippen LogP contribution in [0.15, 0.2) is 15.8 Å². The van der Waals surface area contributed by atoms with Crippen LogP contribution in [0.2, 0.25) is 0 Å². The summed E-state index contributed by atoms with van der Waals surface area (Å²) >= 11 is 0. The zero-order chi connectivity index (χ0) is 14.0. The first-order valence-corrected chi connectivity index (χ1v) is 6.17. The first kappa shape index (κ1) is 13.5. The maximum Gasteiger partial charge on any atom is 0.330 e. The summed E-state index contributed by atoms with van der Waals surface area (Å²) in [6.07, 6.45) is 3.17. The third-order valence-electron chi connectivity index (χ3n) is 3.21. The number of carbonyl (C=O) groups excluding carboxylic acids is 1. The number of hydrogen-bond donors (Lipinski definition) is 1. The van der Waals surface area contributed by atoms with Crippen LogP contribution < -0.4 is 16.6 Å². The highest BCUT2D eigenvalue weighted by Gasteiger charge is 2.19. The zero-order valence-electron chi connectivity index (χ0n) is 11.0. The van der Waals surface area contributed by atoms with Crippen molar-refractivity contribution in [1.82, 2.24) is 14.5 Å². The summed E-state index contributed by atoms with van der Waals surface area (Å²) in [6.45, 7) is 1.09. The van der Waals surface area contributed by atoms with Crippen LogP contribution >= 0.6 is 0 Å². The molecule has 2 heterocycles. The summed E-state index contributed by atoms with van der Waals surface area (Å²) in [7, 11) is 2.85. The number of nitrogens with one attached hydrogen (secondary N) is 1. The highest BCUT2D eigenvalue weighted by atomic mass is 16.5. The van der Waals surface area contributed by atoms with Crippen LogP contribution in [0.5, 0.6) is 0 Å². The van der Waals surface area contributed by atoms with E-state index in [4.69, 9.17) is 4.74 Å². The molecule has 0 radical (unpaired) electrons. The Kier molecular flexibility index (Phi) is 3.84. The number of amides is 1. The third-order valence-corrected chi connectivity index (χ3v) is 3.21. The molecule has 104 valence electrons. The number of aromatic nitrogens is 2. The number of rotatable bonds is 3. The normalized spacial score (nSPS) is 18.5. The summed E-state index contributed by atoms with van der Waals surface area (Å²) in [6, 6.07) is 0. The lowest BCUT2D eigenvalue weighted by Crippen LogP contribution is -2.43.